The number of carbonyl (C=O) groups excluding carboxylic acids is 2. The zero-order valence-corrected chi connectivity index (χ0v) is 16.8. The van der Waals surface area contributed by atoms with Crippen molar-refractivity contribution in [2.45, 2.75) is 45.2 Å². The van der Waals surface area contributed by atoms with Crippen LogP contribution in [-0.4, -0.2) is 73.6 Å². The molecule has 1 aliphatic rings. The van der Waals surface area contributed by atoms with Crippen molar-refractivity contribution in [3.63, 3.8) is 0 Å². The number of methoxy groups -OCH3 is 1. The van der Waals surface area contributed by atoms with Crippen molar-refractivity contribution in [2.75, 3.05) is 39.9 Å². The molecule has 0 aliphatic carbocycles. The van der Waals surface area contributed by atoms with Crippen LogP contribution >= 0.6 is 0 Å². The van der Waals surface area contributed by atoms with Gasteiger partial charge in [-0.1, -0.05) is 30.3 Å². The van der Waals surface area contributed by atoms with Crippen LogP contribution in [0.4, 0.5) is 0 Å². The third-order valence-electron chi connectivity index (χ3n) is 5.04. The molecule has 1 aromatic rings. The number of piperazine rings is 1. The van der Waals surface area contributed by atoms with E-state index in [4.69, 9.17) is 4.74 Å². The number of ether oxygens (including phenoxy) is 1. The number of nitrogens with zero attached hydrogens (tertiary/aromatic N) is 2. The fraction of sp³-hybridized carbons (Fsp3) is 0.619. The monoisotopic (exact) mass is 375 g/mol. The fourth-order valence-corrected chi connectivity index (χ4v) is 3.53. The van der Waals surface area contributed by atoms with Crippen molar-refractivity contribution >= 4 is 11.8 Å². The van der Waals surface area contributed by atoms with E-state index < -0.39 is 0 Å². The van der Waals surface area contributed by atoms with Crippen LogP contribution in [0.2, 0.25) is 0 Å². The van der Waals surface area contributed by atoms with Gasteiger partial charge >= 0.3 is 0 Å². The lowest BCUT2D eigenvalue weighted by molar-refractivity contribution is -0.140. The number of rotatable bonds is 10. The minimum Gasteiger partial charge on any atom is -0.383 e. The van der Waals surface area contributed by atoms with Crippen LogP contribution in [0.5, 0.6) is 0 Å². The van der Waals surface area contributed by atoms with Gasteiger partial charge in [0.25, 0.3) is 0 Å². The van der Waals surface area contributed by atoms with Gasteiger partial charge in [0.05, 0.1) is 19.1 Å². The van der Waals surface area contributed by atoms with Gasteiger partial charge in [0, 0.05) is 32.8 Å². The molecule has 27 heavy (non-hydrogen) atoms. The molecule has 1 heterocycles. The normalized spacial score (nSPS) is 17.8. The van der Waals surface area contributed by atoms with Gasteiger partial charge in [-0.2, -0.15) is 0 Å². The summed E-state index contributed by atoms with van der Waals surface area (Å²) in [7, 11) is 1.63. The summed E-state index contributed by atoms with van der Waals surface area (Å²) in [4.78, 5) is 29.2. The first-order valence-corrected chi connectivity index (χ1v) is 9.87. The molecule has 0 saturated carbocycles. The van der Waals surface area contributed by atoms with Gasteiger partial charge in [-0.15, -0.1) is 0 Å². The lowest BCUT2D eigenvalue weighted by Gasteiger charge is -2.36. The maximum Gasteiger partial charge on any atom is 0.237 e. The highest BCUT2D eigenvalue weighted by Crippen LogP contribution is 2.14. The van der Waals surface area contributed by atoms with Crippen LogP contribution in [0.1, 0.15) is 32.3 Å². The van der Waals surface area contributed by atoms with Crippen molar-refractivity contribution in [1.82, 2.24) is 15.1 Å². The molecule has 150 valence electrons. The minimum atomic E-state index is -0.384. The predicted molar refractivity (Wildman–Crippen MR) is 106 cm³/mol. The highest BCUT2D eigenvalue weighted by Gasteiger charge is 2.33. The molecule has 1 fully saturated rings. The summed E-state index contributed by atoms with van der Waals surface area (Å²) in [5.74, 6) is -0.0260. The Labute approximate surface area is 162 Å². The Morgan fingerprint density at radius 2 is 2.07 bits per heavy atom. The molecule has 0 radical (unpaired) electrons. The molecule has 1 N–H and O–H groups in total. The SMILES string of the molecule is COCCN(C(=O)CC1C(=O)NCCN1CCCc1ccccc1)C(C)C. The molecule has 6 heteroatoms. The highest BCUT2D eigenvalue weighted by atomic mass is 16.5. The second kappa shape index (κ2) is 11.0. The van der Waals surface area contributed by atoms with Crippen molar-refractivity contribution in [3.05, 3.63) is 35.9 Å². The molecule has 6 nitrogen and oxygen atoms in total. The second-order valence-electron chi connectivity index (χ2n) is 7.31. The minimum absolute atomic E-state index is 0.0113. The number of amides is 2. The standard InChI is InChI=1S/C21H33N3O3/c1-17(2)24(14-15-27-3)20(25)16-19-21(26)22-11-13-23(19)12-7-10-18-8-5-4-6-9-18/h4-6,8-9,17,19H,7,10-16H2,1-3H3,(H,22,26). The van der Waals surface area contributed by atoms with Crippen molar-refractivity contribution in [3.8, 4) is 0 Å². The number of hydrogen-bond donors (Lipinski definition) is 1. The van der Waals surface area contributed by atoms with E-state index in [0.29, 0.717) is 19.7 Å². The summed E-state index contributed by atoms with van der Waals surface area (Å²) in [5.41, 5.74) is 1.30. The van der Waals surface area contributed by atoms with E-state index in [-0.39, 0.29) is 30.3 Å². The zero-order chi connectivity index (χ0) is 19.6. The van der Waals surface area contributed by atoms with E-state index in [2.05, 4.69) is 22.3 Å². The number of nitrogens with one attached hydrogen (secondary N) is 1. The largest absolute Gasteiger partial charge is 0.383 e. The lowest BCUT2D eigenvalue weighted by atomic mass is 10.0. The first-order chi connectivity index (χ1) is 13.0. The topological polar surface area (TPSA) is 61.9 Å². The molecule has 1 atom stereocenters. The maximum absolute atomic E-state index is 12.8. The van der Waals surface area contributed by atoms with E-state index >= 15 is 0 Å². The molecule has 2 amide bonds. The van der Waals surface area contributed by atoms with Gasteiger partial charge in [0.15, 0.2) is 0 Å². The summed E-state index contributed by atoms with van der Waals surface area (Å²) >= 11 is 0. The number of aryl methyl sites for hydroxylation is 1. The first-order valence-electron chi connectivity index (χ1n) is 9.87. The van der Waals surface area contributed by atoms with Gasteiger partial charge in [-0.05, 0) is 38.8 Å². The molecule has 0 bridgehead atoms. The van der Waals surface area contributed by atoms with Crippen molar-refractivity contribution in [2.24, 2.45) is 0 Å². The molecule has 1 aliphatic heterocycles. The average Bonchev–Trinajstić information content (AvgIpc) is 2.65. The number of carbonyl (C=O) groups is 2. The van der Waals surface area contributed by atoms with Crippen molar-refractivity contribution in [1.29, 1.82) is 0 Å². The van der Waals surface area contributed by atoms with E-state index in [9.17, 15) is 9.59 Å². The predicted octanol–water partition coefficient (Wildman–Crippen LogP) is 1.69. The fourth-order valence-electron chi connectivity index (χ4n) is 3.53. The van der Waals surface area contributed by atoms with Crippen LogP contribution in [0.25, 0.3) is 0 Å². The first kappa shape index (κ1) is 21.4. The molecule has 2 rings (SSSR count). The van der Waals surface area contributed by atoms with Gasteiger partial charge in [-0.25, -0.2) is 0 Å². The number of benzene rings is 1. The van der Waals surface area contributed by atoms with E-state index in [1.165, 1.54) is 5.56 Å². The average molecular weight is 376 g/mol. The molecule has 1 saturated heterocycles. The van der Waals surface area contributed by atoms with Crippen molar-refractivity contribution < 1.29 is 14.3 Å². The molecule has 1 unspecified atom stereocenters. The Morgan fingerprint density at radius 1 is 1.33 bits per heavy atom. The molecule has 1 aromatic carbocycles. The van der Waals surface area contributed by atoms with Crippen LogP contribution in [0.3, 0.4) is 0 Å². The summed E-state index contributed by atoms with van der Waals surface area (Å²) in [6.07, 6.45) is 2.17. The van der Waals surface area contributed by atoms with E-state index in [1.807, 2.05) is 32.0 Å². The number of hydrogen-bond acceptors (Lipinski definition) is 4. The summed E-state index contributed by atoms with van der Waals surface area (Å²) in [6.45, 7) is 7.29. The van der Waals surface area contributed by atoms with Crippen LogP contribution < -0.4 is 5.32 Å². The van der Waals surface area contributed by atoms with Gasteiger partial charge < -0.3 is 15.0 Å². The molecular weight excluding hydrogens is 342 g/mol. The Bertz CT molecular complexity index is 592. The Morgan fingerprint density at radius 3 is 2.74 bits per heavy atom. The quantitative estimate of drug-likeness (QED) is 0.676. The smallest absolute Gasteiger partial charge is 0.237 e. The Balaban J connectivity index is 1.93. The third kappa shape index (κ3) is 6.63. The van der Waals surface area contributed by atoms with Gasteiger partial charge in [0.2, 0.25) is 11.8 Å². The molecular formula is C21H33N3O3. The van der Waals surface area contributed by atoms with Gasteiger partial charge in [-0.3, -0.25) is 14.5 Å². The van der Waals surface area contributed by atoms with Crippen LogP contribution in [0, 0.1) is 0 Å². The Hall–Kier alpha value is -1.92. The summed E-state index contributed by atoms with van der Waals surface area (Å²) < 4.78 is 5.12. The summed E-state index contributed by atoms with van der Waals surface area (Å²) in [5, 5.41) is 2.91. The third-order valence-corrected chi connectivity index (χ3v) is 5.04. The Kier molecular flexibility index (Phi) is 8.75. The highest BCUT2D eigenvalue weighted by molar-refractivity contribution is 5.89. The zero-order valence-electron chi connectivity index (χ0n) is 16.8. The lowest BCUT2D eigenvalue weighted by Crippen LogP contribution is -2.57. The van der Waals surface area contributed by atoms with Crippen LogP contribution in [0.15, 0.2) is 30.3 Å². The molecule has 0 spiro atoms. The van der Waals surface area contributed by atoms with Gasteiger partial charge in [0.1, 0.15) is 0 Å². The van der Waals surface area contributed by atoms with E-state index in [1.54, 1.807) is 12.0 Å². The summed E-state index contributed by atoms with van der Waals surface area (Å²) in [6, 6.07) is 10.1. The second-order valence-corrected chi connectivity index (χ2v) is 7.31. The molecule has 0 aromatic heterocycles. The van der Waals surface area contributed by atoms with Crippen LogP contribution in [-0.2, 0) is 20.7 Å². The maximum atomic E-state index is 12.8. The van der Waals surface area contributed by atoms with E-state index in [0.717, 1.165) is 25.9 Å².